The smallest absolute Gasteiger partial charge is 0.101 e. The molecular formula is C17H16N2S. The molecule has 3 rings (SSSR count). The van der Waals surface area contributed by atoms with Crippen molar-refractivity contribution in [3.63, 3.8) is 0 Å². The van der Waals surface area contributed by atoms with Gasteiger partial charge in [-0.05, 0) is 55.3 Å². The van der Waals surface area contributed by atoms with Crippen LogP contribution in [-0.4, -0.2) is 4.98 Å². The molecule has 0 saturated carbocycles. The fourth-order valence-corrected chi connectivity index (χ4v) is 3.09. The Balaban J connectivity index is 1.98. The van der Waals surface area contributed by atoms with Crippen LogP contribution >= 0.6 is 11.8 Å². The Morgan fingerprint density at radius 2 is 1.80 bits per heavy atom. The Labute approximate surface area is 123 Å². The first-order valence-corrected chi connectivity index (χ1v) is 7.35. The van der Waals surface area contributed by atoms with Gasteiger partial charge in [-0.1, -0.05) is 30.0 Å². The molecule has 0 bridgehead atoms. The minimum Gasteiger partial charge on any atom is -0.399 e. The van der Waals surface area contributed by atoms with E-state index in [1.165, 1.54) is 16.0 Å². The van der Waals surface area contributed by atoms with Crippen LogP contribution in [0.4, 0.5) is 5.69 Å². The van der Waals surface area contributed by atoms with Crippen molar-refractivity contribution in [1.29, 1.82) is 0 Å². The van der Waals surface area contributed by atoms with Gasteiger partial charge in [0.25, 0.3) is 0 Å². The minimum atomic E-state index is 0.772. The van der Waals surface area contributed by atoms with Crippen LogP contribution in [0, 0.1) is 13.8 Å². The summed E-state index contributed by atoms with van der Waals surface area (Å²) in [5, 5.41) is 2.09. The Bertz CT molecular complexity index is 781. The fourth-order valence-electron chi connectivity index (χ4n) is 2.11. The summed E-state index contributed by atoms with van der Waals surface area (Å²) >= 11 is 1.71. The number of aryl methyl sites for hydroxylation is 2. The molecule has 2 nitrogen and oxygen atoms in total. The standard InChI is InChI=1S/C17H16N2S/c1-11-3-4-12(2)16(9-11)20-17-8-5-13-10-14(18)6-7-15(13)19-17/h3-10H,18H2,1-2H3. The number of anilines is 1. The molecular weight excluding hydrogens is 264 g/mol. The second kappa shape index (κ2) is 5.17. The van der Waals surface area contributed by atoms with Gasteiger partial charge in [-0.3, -0.25) is 0 Å². The molecule has 100 valence electrons. The van der Waals surface area contributed by atoms with E-state index in [9.17, 15) is 0 Å². The third-order valence-corrected chi connectivity index (χ3v) is 4.34. The van der Waals surface area contributed by atoms with Crippen molar-refractivity contribution in [2.45, 2.75) is 23.8 Å². The number of rotatable bonds is 2. The van der Waals surface area contributed by atoms with Gasteiger partial charge < -0.3 is 5.73 Å². The van der Waals surface area contributed by atoms with E-state index in [0.717, 1.165) is 21.6 Å². The number of benzene rings is 2. The number of nitrogens with zero attached hydrogens (tertiary/aromatic N) is 1. The molecule has 1 aromatic heterocycles. The first-order valence-electron chi connectivity index (χ1n) is 6.53. The quantitative estimate of drug-likeness (QED) is 0.698. The Kier molecular flexibility index (Phi) is 3.36. The normalized spacial score (nSPS) is 10.9. The monoisotopic (exact) mass is 280 g/mol. The molecule has 0 spiro atoms. The van der Waals surface area contributed by atoms with Crippen LogP contribution in [0.3, 0.4) is 0 Å². The molecule has 20 heavy (non-hydrogen) atoms. The third-order valence-electron chi connectivity index (χ3n) is 3.25. The lowest BCUT2D eigenvalue weighted by molar-refractivity contribution is 1.17. The molecule has 0 atom stereocenters. The summed E-state index contributed by atoms with van der Waals surface area (Å²) in [5.74, 6) is 0. The molecule has 3 heteroatoms. The summed E-state index contributed by atoms with van der Waals surface area (Å²) in [6.07, 6.45) is 0. The second-order valence-electron chi connectivity index (χ2n) is 4.97. The number of hydrogen-bond donors (Lipinski definition) is 1. The maximum atomic E-state index is 5.79. The minimum absolute atomic E-state index is 0.772. The van der Waals surface area contributed by atoms with E-state index in [1.807, 2.05) is 24.3 Å². The molecule has 0 saturated heterocycles. The van der Waals surface area contributed by atoms with Crippen LogP contribution in [-0.2, 0) is 0 Å². The van der Waals surface area contributed by atoms with E-state index in [0.29, 0.717) is 0 Å². The zero-order valence-corrected chi connectivity index (χ0v) is 12.4. The zero-order valence-electron chi connectivity index (χ0n) is 11.6. The molecule has 0 radical (unpaired) electrons. The average molecular weight is 280 g/mol. The van der Waals surface area contributed by atoms with Gasteiger partial charge in [-0.2, -0.15) is 0 Å². The van der Waals surface area contributed by atoms with Gasteiger partial charge in [0, 0.05) is 16.0 Å². The largest absolute Gasteiger partial charge is 0.399 e. The molecule has 1 heterocycles. The lowest BCUT2D eigenvalue weighted by atomic mass is 10.2. The van der Waals surface area contributed by atoms with Gasteiger partial charge in [0.1, 0.15) is 5.03 Å². The van der Waals surface area contributed by atoms with Crippen LogP contribution < -0.4 is 5.73 Å². The molecule has 0 aliphatic heterocycles. The molecule has 2 N–H and O–H groups in total. The number of hydrogen-bond acceptors (Lipinski definition) is 3. The predicted octanol–water partition coefficient (Wildman–Crippen LogP) is 4.59. The maximum absolute atomic E-state index is 5.79. The van der Waals surface area contributed by atoms with Crippen LogP contribution in [0.2, 0.25) is 0 Å². The van der Waals surface area contributed by atoms with Crippen molar-refractivity contribution in [2.24, 2.45) is 0 Å². The number of fused-ring (bicyclic) bond motifs is 1. The van der Waals surface area contributed by atoms with Gasteiger partial charge in [0.05, 0.1) is 5.52 Å². The van der Waals surface area contributed by atoms with E-state index in [-0.39, 0.29) is 0 Å². The zero-order chi connectivity index (χ0) is 14.1. The molecule has 0 unspecified atom stereocenters. The van der Waals surface area contributed by atoms with Crippen molar-refractivity contribution < 1.29 is 0 Å². The fraction of sp³-hybridized carbons (Fsp3) is 0.118. The van der Waals surface area contributed by atoms with Gasteiger partial charge in [0.15, 0.2) is 0 Å². The van der Waals surface area contributed by atoms with E-state index in [2.05, 4.69) is 43.1 Å². The topological polar surface area (TPSA) is 38.9 Å². The van der Waals surface area contributed by atoms with Crippen molar-refractivity contribution in [1.82, 2.24) is 4.98 Å². The number of nitrogens with two attached hydrogens (primary N) is 1. The van der Waals surface area contributed by atoms with Gasteiger partial charge >= 0.3 is 0 Å². The molecule has 3 aromatic rings. The summed E-state index contributed by atoms with van der Waals surface area (Å²) in [6, 6.07) is 16.4. The van der Waals surface area contributed by atoms with Crippen LogP contribution in [0.5, 0.6) is 0 Å². The van der Waals surface area contributed by atoms with Gasteiger partial charge in [-0.15, -0.1) is 0 Å². The van der Waals surface area contributed by atoms with Crippen molar-refractivity contribution in [3.05, 3.63) is 59.7 Å². The molecule has 0 aliphatic rings. The van der Waals surface area contributed by atoms with Crippen molar-refractivity contribution >= 4 is 28.4 Å². The molecule has 0 aliphatic carbocycles. The van der Waals surface area contributed by atoms with Gasteiger partial charge in [-0.25, -0.2) is 4.98 Å². The van der Waals surface area contributed by atoms with E-state index >= 15 is 0 Å². The first kappa shape index (κ1) is 13.0. The van der Waals surface area contributed by atoms with Crippen LogP contribution in [0.1, 0.15) is 11.1 Å². The Morgan fingerprint density at radius 1 is 0.950 bits per heavy atom. The Morgan fingerprint density at radius 3 is 2.65 bits per heavy atom. The molecule has 2 aromatic carbocycles. The maximum Gasteiger partial charge on any atom is 0.101 e. The molecule has 0 amide bonds. The van der Waals surface area contributed by atoms with Crippen molar-refractivity contribution in [2.75, 3.05) is 5.73 Å². The summed E-state index contributed by atoms with van der Waals surface area (Å²) < 4.78 is 0. The molecule has 0 fully saturated rings. The third kappa shape index (κ3) is 2.63. The first-order chi connectivity index (χ1) is 9.61. The summed E-state index contributed by atoms with van der Waals surface area (Å²) in [5.41, 5.74) is 10.1. The summed E-state index contributed by atoms with van der Waals surface area (Å²) in [6.45, 7) is 4.24. The van der Waals surface area contributed by atoms with Crippen LogP contribution in [0.25, 0.3) is 10.9 Å². The van der Waals surface area contributed by atoms with Crippen LogP contribution in [0.15, 0.2) is 58.5 Å². The average Bonchev–Trinajstić information content (AvgIpc) is 2.43. The SMILES string of the molecule is Cc1ccc(C)c(Sc2ccc3cc(N)ccc3n2)c1. The highest BCUT2D eigenvalue weighted by molar-refractivity contribution is 7.99. The lowest BCUT2D eigenvalue weighted by Crippen LogP contribution is -1.88. The van der Waals surface area contributed by atoms with Crippen molar-refractivity contribution in [3.8, 4) is 0 Å². The highest BCUT2D eigenvalue weighted by atomic mass is 32.2. The summed E-state index contributed by atoms with van der Waals surface area (Å²) in [4.78, 5) is 5.95. The number of nitrogen functional groups attached to an aromatic ring is 1. The Hall–Kier alpha value is -2.00. The highest BCUT2D eigenvalue weighted by Crippen LogP contribution is 2.31. The summed E-state index contributed by atoms with van der Waals surface area (Å²) in [7, 11) is 0. The van der Waals surface area contributed by atoms with E-state index < -0.39 is 0 Å². The van der Waals surface area contributed by atoms with Gasteiger partial charge in [0.2, 0.25) is 0 Å². The predicted molar refractivity (Wildman–Crippen MR) is 86.2 cm³/mol. The number of aromatic nitrogens is 1. The van der Waals surface area contributed by atoms with E-state index in [4.69, 9.17) is 5.73 Å². The van der Waals surface area contributed by atoms with E-state index in [1.54, 1.807) is 11.8 Å². The second-order valence-corrected chi connectivity index (χ2v) is 6.03. The number of pyridine rings is 1. The highest BCUT2D eigenvalue weighted by Gasteiger charge is 2.04. The lowest BCUT2D eigenvalue weighted by Gasteiger charge is -2.07.